The number of carbonyl (C=O) groups is 1. The second-order valence-corrected chi connectivity index (χ2v) is 5.21. The quantitative estimate of drug-likeness (QED) is 0.899. The van der Waals surface area contributed by atoms with E-state index in [1.807, 2.05) is 12.1 Å². The SMILES string of the molecule is Cc1cc(C(=O)NCC(c2ccco2)N2CCOCC2)no1. The maximum absolute atomic E-state index is 12.1. The van der Waals surface area contributed by atoms with E-state index >= 15 is 0 Å². The standard InChI is InChI=1S/C15H19N3O4/c1-11-9-12(17-22-11)15(19)16-10-13(14-3-2-6-21-14)18-4-7-20-8-5-18/h2-3,6,9,13H,4-5,7-8,10H2,1H3,(H,16,19). The molecule has 0 saturated carbocycles. The van der Waals surface area contributed by atoms with Crippen LogP contribution in [-0.2, 0) is 4.74 Å². The van der Waals surface area contributed by atoms with Gasteiger partial charge in [-0.2, -0.15) is 0 Å². The van der Waals surface area contributed by atoms with Crippen molar-refractivity contribution in [2.45, 2.75) is 13.0 Å². The number of nitrogens with zero attached hydrogens (tertiary/aromatic N) is 2. The van der Waals surface area contributed by atoms with Crippen molar-refractivity contribution in [2.75, 3.05) is 32.8 Å². The van der Waals surface area contributed by atoms with Crippen molar-refractivity contribution in [3.63, 3.8) is 0 Å². The predicted molar refractivity (Wildman–Crippen MR) is 77.4 cm³/mol. The lowest BCUT2D eigenvalue weighted by atomic mass is 10.1. The van der Waals surface area contributed by atoms with Crippen LogP contribution in [0.1, 0.15) is 28.1 Å². The van der Waals surface area contributed by atoms with E-state index in [1.165, 1.54) is 0 Å². The molecule has 1 atom stereocenters. The third kappa shape index (κ3) is 3.37. The molecule has 0 spiro atoms. The van der Waals surface area contributed by atoms with Crippen LogP contribution >= 0.6 is 0 Å². The maximum Gasteiger partial charge on any atom is 0.273 e. The average Bonchev–Trinajstić information content (AvgIpc) is 3.20. The summed E-state index contributed by atoms with van der Waals surface area (Å²) in [5.74, 6) is 1.20. The number of ether oxygens (including phenoxy) is 1. The Morgan fingerprint density at radius 1 is 1.45 bits per heavy atom. The van der Waals surface area contributed by atoms with Gasteiger partial charge in [-0.25, -0.2) is 0 Å². The van der Waals surface area contributed by atoms with Gasteiger partial charge in [0.05, 0.1) is 25.5 Å². The van der Waals surface area contributed by atoms with Crippen LogP contribution in [0, 0.1) is 6.92 Å². The molecule has 7 nitrogen and oxygen atoms in total. The molecule has 22 heavy (non-hydrogen) atoms. The Labute approximate surface area is 128 Å². The Morgan fingerprint density at radius 2 is 2.27 bits per heavy atom. The van der Waals surface area contributed by atoms with E-state index in [2.05, 4.69) is 15.4 Å². The monoisotopic (exact) mass is 305 g/mol. The van der Waals surface area contributed by atoms with Crippen LogP contribution < -0.4 is 5.32 Å². The minimum atomic E-state index is -0.248. The summed E-state index contributed by atoms with van der Waals surface area (Å²) >= 11 is 0. The molecular formula is C15H19N3O4. The third-order valence-electron chi connectivity index (χ3n) is 3.67. The molecule has 3 rings (SSSR count). The van der Waals surface area contributed by atoms with Gasteiger partial charge in [0.15, 0.2) is 5.69 Å². The molecule has 2 aromatic heterocycles. The Hall–Kier alpha value is -2.12. The summed E-state index contributed by atoms with van der Waals surface area (Å²) in [5, 5.41) is 6.62. The fourth-order valence-electron chi connectivity index (χ4n) is 2.53. The van der Waals surface area contributed by atoms with Gasteiger partial charge >= 0.3 is 0 Å². The van der Waals surface area contributed by atoms with Crippen molar-refractivity contribution >= 4 is 5.91 Å². The molecule has 0 radical (unpaired) electrons. The van der Waals surface area contributed by atoms with Crippen molar-refractivity contribution < 1.29 is 18.5 Å². The molecule has 1 aliphatic rings. The van der Waals surface area contributed by atoms with Gasteiger partial charge in [-0.05, 0) is 19.1 Å². The lowest BCUT2D eigenvalue weighted by molar-refractivity contribution is 0.0118. The number of furan rings is 1. The summed E-state index contributed by atoms with van der Waals surface area (Å²) in [5.41, 5.74) is 0.290. The molecule has 1 N–H and O–H groups in total. The van der Waals surface area contributed by atoms with Crippen molar-refractivity contribution in [3.05, 3.63) is 41.7 Å². The number of hydrogen-bond acceptors (Lipinski definition) is 6. The van der Waals surface area contributed by atoms with E-state index in [1.54, 1.807) is 19.3 Å². The zero-order valence-electron chi connectivity index (χ0n) is 12.4. The molecule has 118 valence electrons. The number of hydrogen-bond donors (Lipinski definition) is 1. The van der Waals surface area contributed by atoms with Gasteiger partial charge in [0, 0.05) is 25.7 Å². The molecule has 0 bridgehead atoms. The average molecular weight is 305 g/mol. The van der Waals surface area contributed by atoms with Crippen LogP contribution in [-0.4, -0.2) is 48.8 Å². The van der Waals surface area contributed by atoms with E-state index in [-0.39, 0.29) is 17.6 Å². The van der Waals surface area contributed by atoms with Gasteiger partial charge in [0.1, 0.15) is 11.5 Å². The summed E-state index contributed by atoms with van der Waals surface area (Å²) < 4.78 is 15.8. The van der Waals surface area contributed by atoms with Crippen molar-refractivity contribution in [3.8, 4) is 0 Å². The fourth-order valence-corrected chi connectivity index (χ4v) is 2.53. The highest BCUT2D eigenvalue weighted by Gasteiger charge is 2.25. The zero-order valence-corrected chi connectivity index (χ0v) is 12.4. The minimum absolute atomic E-state index is 0.0177. The lowest BCUT2D eigenvalue weighted by Gasteiger charge is -2.33. The largest absolute Gasteiger partial charge is 0.468 e. The first-order chi connectivity index (χ1) is 10.7. The van der Waals surface area contributed by atoms with Gasteiger partial charge in [-0.15, -0.1) is 0 Å². The van der Waals surface area contributed by atoms with Gasteiger partial charge in [-0.3, -0.25) is 9.69 Å². The highest BCUT2D eigenvalue weighted by atomic mass is 16.5. The fraction of sp³-hybridized carbons (Fsp3) is 0.467. The van der Waals surface area contributed by atoms with Crippen LogP contribution in [0.2, 0.25) is 0 Å². The van der Waals surface area contributed by atoms with E-state index in [9.17, 15) is 4.79 Å². The van der Waals surface area contributed by atoms with Crippen LogP contribution in [0.25, 0.3) is 0 Å². The summed E-state index contributed by atoms with van der Waals surface area (Å²) in [6, 6.07) is 5.38. The molecular weight excluding hydrogens is 286 g/mol. The predicted octanol–water partition coefficient (Wildman–Crippen LogP) is 1.38. The van der Waals surface area contributed by atoms with E-state index in [0.717, 1.165) is 18.8 Å². The van der Waals surface area contributed by atoms with Crippen molar-refractivity contribution in [1.29, 1.82) is 0 Å². The van der Waals surface area contributed by atoms with Crippen molar-refractivity contribution in [2.24, 2.45) is 0 Å². The maximum atomic E-state index is 12.1. The number of rotatable bonds is 5. The Balaban J connectivity index is 1.66. The van der Waals surface area contributed by atoms with E-state index in [0.29, 0.717) is 25.5 Å². The molecule has 3 heterocycles. The van der Waals surface area contributed by atoms with Crippen LogP contribution in [0.3, 0.4) is 0 Å². The number of carbonyl (C=O) groups excluding carboxylic acids is 1. The molecule has 2 aromatic rings. The van der Waals surface area contributed by atoms with Crippen LogP contribution in [0.4, 0.5) is 0 Å². The first kappa shape index (κ1) is 14.8. The summed E-state index contributed by atoms with van der Waals surface area (Å²) in [7, 11) is 0. The number of amides is 1. The van der Waals surface area contributed by atoms with E-state index < -0.39 is 0 Å². The van der Waals surface area contributed by atoms with Gasteiger partial charge < -0.3 is 19.0 Å². The highest BCUT2D eigenvalue weighted by Crippen LogP contribution is 2.21. The van der Waals surface area contributed by atoms with Gasteiger partial charge in [0.25, 0.3) is 5.91 Å². The molecule has 0 aromatic carbocycles. The molecule has 1 unspecified atom stereocenters. The molecule has 1 aliphatic heterocycles. The second kappa shape index (κ2) is 6.76. The minimum Gasteiger partial charge on any atom is -0.468 e. The van der Waals surface area contributed by atoms with Crippen LogP contribution in [0.5, 0.6) is 0 Å². The number of morpholine rings is 1. The summed E-state index contributed by atoms with van der Waals surface area (Å²) in [6.45, 7) is 5.19. The normalized spacial score (nSPS) is 17.3. The van der Waals surface area contributed by atoms with Gasteiger partial charge in [-0.1, -0.05) is 5.16 Å². The number of aryl methyl sites for hydroxylation is 1. The first-order valence-electron chi connectivity index (χ1n) is 7.31. The highest BCUT2D eigenvalue weighted by molar-refractivity contribution is 5.92. The summed E-state index contributed by atoms with van der Waals surface area (Å²) in [6.07, 6.45) is 1.64. The molecule has 1 amide bonds. The first-order valence-corrected chi connectivity index (χ1v) is 7.31. The second-order valence-electron chi connectivity index (χ2n) is 5.21. The molecule has 1 saturated heterocycles. The van der Waals surface area contributed by atoms with Crippen molar-refractivity contribution in [1.82, 2.24) is 15.4 Å². The molecule has 7 heteroatoms. The van der Waals surface area contributed by atoms with Crippen LogP contribution in [0.15, 0.2) is 33.4 Å². The number of nitrogens with one attached hydrogen (secondary N) is 1. The molecule has 1 fully saturated rings. The Kier molecular flexibility index (Phi) is 4.55. The van der Waals surface area contributed by atoms with Gasteiger partial charge in [0.2, 0.25) is 0 Å². The zero-order chi connectivity index (χ0) is 15.4. The topological polar surface area (TPSA) is 80.7 Å². The summed E-state index contributed by atoms with van der Waals surface area (Å²) in [4.78, 5) is 14.4. The Morgan fingerprint density at radius 3 is 2.91 bits per heavy atom. The number of aromatic nitrogens is 1. The Bertz CT molecular complexity index is 602. The molecule has 0 aliphatic carbocycles. The lowest BCUT2D eigenvalue weighted by Crippen LogP contribution is -2.43. The smallest absolute Gasteiger partial charge is 0.273 e. The van der Waals surface area contributed by atoms with E-state index in [4.69, 9.17) is 13.7 Å². The third-order valence-corrected chi connectivity index (χ3v) is 3.67.